The second kappa shape index (κ2) is 5.69. The van der Waals surface area contributed by atoms with E-state index >= 15 is 0 Å². The van der Waals surface area contributed by atoms with E-state index in [1.807, 2.05) is 43.3 Å². The van der Waals surface area contributed by atoms with Crippen molar-refractivity contribution in [1.29, 1.82) is 0 Å². The predicted octanol–water partition coefficient (Wildman–Crippen LogP) is 4.01. The van der Waals surface area contributed by atoms with Crippen molar-refractivity contribution in [2.45, 2.75) is 13.5 Å². The van der Waals surface area contributed by atoms with Crippen LogP contribution in [-0.2, 0) is 11.3 Å². The number of rotatable bonds is 3. The van der Waals surface area contributed by atoms with E-state index in [2.05, 4.69) is 0 Å². The van der Waals surface area contributed by atoms with Gasteiger partial charge in [0.25, 0.3) is 0 Å². The molecule has 0 saturated heterocycles. The lowest BCUT2D eigenvalue weighted by Crippen LogP contribution is -2.06. The zero-order valence-corrected chi connectivity index (χ0v) is 10.8. The SMILES string of the molecule is Cc1ccc(Cl)c(C(=O)OCc2ccccc2)c1. The number of carbonyl (C=O) groups excluding carboxylic acids is 1. The van der Waals surface area contributed by atoms with Crippen molar-refractivity contribution in [2.75, 3.05) is 0 Å². The van der Waals surface area contributed by atoms with E-state index in [4.69, 9.17) is 16.3 Å². The Bertz CT molecular complexity index is 550. The monoisotopic (exact) mass is 260 g/mol. The molecule has 0 fully saturated rings. The van der Waals surface area contributed by atoms with Gasteiger partial charge in [0.05, 0.1) is 10.6 Å². The number of ether oxygens (including phenoxy) is 1. The van der Waals surface area contributed by atoms with Crippen LogP contribution in [0.25, 0.3) is 0 Å². The van der Waals surface area contributed by atoms with E-state index in [1.165, 1.54) is 0 Å². The van der Waals surface area contributed by atoms with E-state index < -0.39 is 5.97 Å². The van der Waals surface area contributed by atoms with Crippen LogP contribution >= 0.6 is 11.6 Å². The van der Waals surface area contributed by atoms with Crippen LogP contribution in [0.1, 0.15) is 21.5 Å². The van der Waals surface area contributed by atoms with Gasteiger partial charge in [-0.1, -0.05) is 53.6 Å². The highest BCUT2D eigenvalue weighted by Crippen LogP contribution is 2.18. The third-order valence-electron chi connectivity index (χ3n) is 2.55. The Labute approximate surface area is 111 Å². The standard InChI is InChI=1S/C15H13ClO2/c1-11-7-8-14(16)13(9-11)15(17)18-10-12-5-3-2-4-6-12/h2-9H,10H2,1H3. The molecule has 18 heavy (non-hydrogen) atoms. The van der Waals surface area contributed by atoms with Gasteiger partial charge in [-0.3, -0.25) is 0 Å². The first kappa shape index (κ1) is 12.7. The van der Waals surface area contributed by atoms with Gasteiger partial charge in [0, 0.05) is 0 Å². The van der Waals surface area contributed by atoms with E-state index in [1.54, 1.807) is 12.1 Å². The second-order valence-corrected chi connectivity index (χ2v) is 4.45. The van der Waals surface area contributed by atoms with Crippen molar-refractivity contribution < 1.29 is 9.53 Å². The van der Waals surface area contributed by atoms with Gasteiger partial charge in [0.15, 0.2) is 0 Å². The van der Waals surface area contributed by atoms with Gasteiger partial charge in [-0.05, 0) is 24.6 Å². The van der Waals surface area contributed by atoms with Crippen molar-refractivity contribution in [3.63, 3.8) is 0 Å². The van der Waals surface area contributed by atoms with Crippen molar-refractivity contribution >= 4 is 17.6 Å². The third kappa shape index (κ3) is 3.11. The maximum absolute atomic E-state index is 11.9. The van der Waals surface area contributed by atoms with Crippen LogP contribution in [0.4, 0.5) is 0 Å². The van der Waals surface area contributed by atoms with Crippen LogP contribution in [0.5, 0.6) is 0 Å². The van der Waals surface area contributed by atoms with Gasteiger partial charge in [-0.25, -0.2) is 4.79 Å². The van der Waals surface area contributed by atoms with Crippen LogP contribution in [0.15, 0.2) is 48.5 Å². The minimum Gasteiger partial charge on any atom is -0.457 e. The van der Waals surface area contributed by atoms with Crippen LogP contribution in [-0.4, -0.2) is 5.97 Å². The lowest BCUT2D eigenvalue weighted by molar-refractivity contribution is 0.0473. The largest absolute Gasteiger partial charge is 0.457 e. The molecule has 2 aromatic rings. The summed E-state index contributed by atoms with van der Waals surface area (Å²) in [4.78, 5) is 11.9. The van der Waals surface area contributed by atoms with Crippen LogP contribution in [0.2, 0.25) is 5.02 Å². The summed E-state index contributed by atoms with van der Waals surface area (Å²) in [6, 6.07) is 14.8. The molecule has 0 heterocycles. The summed E-state index contributed by atoms with van der Waals surface area (Å²) in [5.41, 5.74) is 2.34. The molecule has 0 N–H and O–H groups in total. The Hall–Kier alpha value is -1.80. The zero-order valence-electron chi connectivity index (χ0n) is 10.0. The summed E-state index contributed by atoms with van der Waals surface area (Å²) in [7, 11) is 0. The number of carbonyl (C=O) groups is 1. The number of halogens is 1. The number of esters is 1. The fourth-order valence-electron chi connectivity index (χ4n) is 1.60. The smallest absolute Gasteiger partial charge is 0.339 e. The summed E-state index contributed by atoms with van der Waals surface area (Å²) < 4.78 is 5.23. The molecule has 0 amide bonds. The Morgan fingerprint density at radius 3 is 2.61 bits per heavy atom. The average molecular weight is 261 g/mol. The molecule has 0 atom stereocenters. The van der Waals surface area contributed by atoms with Gasteiger partial charge in [-0.2, -0.15) is 0 Å². The molecule has 2 rings (SSSR count). The molecule has 2 aromatic carbocycles. The van der Waals surface area contributed by atoms with Gasteiger partial charge in [-0.15, -0.1) is 0 Å². The summed E-state index contributed by atoms with van der Waals surface area (Å²) in [5, 5.41) is 0.415. The van der Waals surface area contributed by atoms with Gasteiger partial charge in [0.1, 0.15) is 6.61 Å². The second-order valence-electron chi connectivity index (χ2n) is 4.05. The molecule has 0 aliphatic heterocycles. The van der Waals surface area contributed by atoms with Gasteiger partial charge >= 0.3 is 5.97 Å². The van der Waals surface area contributed by atoms with Crippen molar-refractivity contribution in [3.05, 3.63) is 70.2 Å². The number of hydrogen-bond donors (Lipinski definition) is 0. The predicted molar refractivity (Wildman–Crippen MR) is 71.8 cm³/mol. The van der Waals surface area contributed by atoms with E-state index in [0.717, 1.165) is 11.1 Å². The first-order valence-corrected chi connectivity index (χ1v) is 6.02. The van der Waals surface area contributed by atoms with Gasteiger partial charge in [0.2, 0.25) is 0 Å². The molecule has 0 radical (unpaired) electrons. The van der Waals surface area contributed by atoms with E-state index in [0.29, 0.717) is 10.6 Å². The maximum atomic E-state index is 11.9. The minimum atomic E-state index is -0.396. The number of aryl methyl sites for hydroxylation is 1. The average Bonchev–Trinajstić information content (AvgIpc) is 2.40. The van der Waals surface area contributed by atoms with Gasteiger partial charge < -0.3 is 4.74 Å². The quantitative estimate of drug-likeness (QED) is 0.780. The maximum Gasteiger partial charge on any atom is 0.339 e. The fourth-order valence-corrected chi connectivity index (χ4v) is 1.79. The highest BCUT2D eigenvalue weighted by Gasteiger charge is 2.11. The Kier molecular flexibility index (Phi) is 4.00. The third-order valence-corrected chi connectivity index (χ3v) is 2.88. The molecule has 0 unspecified atom stereocenters. The molecule has 0 aromatic heterocycles. The molecule has 0 saturated carbocycles. The Balaban J connectivity index is 2.06. The molecule has 0 spiro atoms. The zero-order chi connectivity index (χ0) is 13.0. The fraction of sp³-hybridized carbons (Fsp3) is 0.133. The van der Waals surface area contributed by atoms with Crippen LogP contribution in [0.3, 0.4) is 0 Å². The molecular weight excluding hydrogens is 248 g/mol. The normalized spacial score (nSPS) is 10.1. The van der Waals surface area contributed by atoms with E-state index in [9.17, 15) is 4.79 Å². The van der Waals surface area contributed by atoms with E-state index in [-0.39, 0.29) is 6.61 Å². The molecule has 0 aliphatic carbocycles. The summed E-state index contributed by atoms with van der Waals surface area (Å²) in [6.45, 7) is 2.16. The Morgan fingerprint density at radius 2 is 1.89 bits per heavy atom. The first-order valence-electron chi connectivity index (χ1n) is 5.64. The lowest BCUT2D eigenvalue weighted by Gasteiger charge is -2.07. The summed E-state index contributed by atoms with van der Waals surface area (Å²) in [5.74, 6) is -0.396. The molecule has 92 valence electrons. The highest BCUT2D eigenvalue weighted by molar-refractivity contribution is 6.33. The molecule has 0 aliphatic rings. The first-order chi connectivity index (χ1) is 8.66. The molecular formula is C15H13ClO2. The molecule has 0 bridgehead atoms. The summed E-state index contributed by atoms with van der Waals surface area (Å²) >= 11 is 5.97. The topological polar surface area (TPSA) is 26.3 Å². The van der Waals surface area contributed by atoms with Crippen molar-refractivity contribution in [3.8, 4) is 0 Å². The number of benzene rings is 2. The highest BCUT2D eigenvalue weighted by atomic mass is 35.5. The Morgan fingerprint density at radius 1 is 1.17 bits per heavy atom. The van der Waals surface area contributed by atoms with Crippen LogP contribution < -0.4 is 0 Å². The molecule has 3 heteroatoms. The van der Waals surface area contributed by atoms with Crippen molar-refractivity contribution in [1.82, 2.24) is 0 Å². The lowest BCUT2D eigenvalue weighted by atomic mass is 10.1. The number of hydrogen-bond acceptors (Lipinski definition) is 2. The molecule has 2 nitrogen and oxygen atoms in total. The van der Waals surface area contributed by atoms with Crippen LogP contribution in [0, 0.1) is 6.92 Å². The summed E-state index contributed by atoms with van der Waals surface area (Å²) in [6.07, 6.45) is 0. The van der Waals surface area contributed by atoms with Crippen molar-refractivity contribution in [2.24, 2.45) is 0 Å². The minimum absolute atomic E-state index is 0.254.